The topological polar surface area (TPSA) is 55.2 Å². The van der Waals surface area contributed by atoms with Gasteiger partial charge in [0.15, 0.2) is 0 Å². The van der Waals surface area contributed by atoms with Crippen molar-refractivity contribution in [2.45, 2.75) is 20.8 Å². The van der Waals surface area contributed by atoms with Gasteiger partial charge in [0.25, 0.3) is 0 Å². The number of aryl methyl sites for hydroxylation is 2. The molecule has 12 heavy (non-hydrogen) atoms. The lowest BCUT2D eigenvalue weighted by atomic mass is 10.1. The second-order valence-corrected chi connectivity index (χ2v) is 2.52. The van der Waals surface area contributed by atoms with Crippen LogP contribution in [0.1, 0.15) is 16.7 Å². The molecule has 0 bridgehead atoms. The van der Waals surface area contributed by atoms with Crippen LogP contribution in [0.4, 0.5) is 0 Å². The number of hydrogen-bond acceptors (Lipinski definition) is 2. The standard InChI is InChI=1S/C9H12.CH4O.H3N/c1-7-5-4-6-8(2)9(7)3;1-2;/h4-6H,1-3H3;2H,1H3;1H3. The van der Waals surface area contributed by atoms with Crippen molar-refractivity contribution >= 4 is 0 Å². The summed E-state index contributed by atoms with van der Waals surface area (Å²) >= 11 is 0. The molecule has 2 nitrogen and oxygen atoms in total. The summed E-state index contributed by atoms with van der Waals surface area (Å²) in [6, 6.07) is 6.38. The number of aliphatic hydroxyl groups is 1. The van der Waals surface area contributed by atoms with Crippen molar-refractivity contribution < 1.29 is 5.11 Å². The molecule has 4 N–H and O–H groups in total. The highest BCUT2D eigenvalue weighted by atomic mass is 16.2. The molecule has 2 heteroatoms. The fraction of sp³-hybridized carbons (Fsp3) is 0.400. The van der Waals surface area contributed by atoms with Gasteiger partial charge in [0, 0.05) is 7.11 Å². The van der Waals surface area contributed by atoms with E-state index in [1.165, 1.54) is 16.7 Å². The molecule has 0 unspecified atom stereocenters. The lowest BCUT2D eigenvalue weighted by molar-refractivity contribution is 0.399. The molecule has 1 rings (SSSR count). The Hall–Kier alpha value is -0.860. The first-order chi connectivity index (χ1) is 5.22. The fourth-order valence-electron chi connectivity index (χ4n) is 0.898. The molecule has 0 heterocycles. The summed E-state index contributed by atoms with van der Waals surface area (Å²) in [4.78, 5) is 0. The second kappa shape index (κ2) is 6.83. The molecule has 0 spiro atoms. The zero-order valence-electron chi connectivity index (χ0n) is 8.39. The molecule has 0 fully saturated rings. The van der Waals surface area contributed by atoms with Crippen LogP contribution >= 0.6 is 0 Å². The SMILES string of the molecule is CO.Cc1cccc(C)c1C.N. The maximum absolute atomic E-state index is 7.00. The van der Waals surface area contributed by atoms with Gasteiger partial charge in [0.2, 0.25) is 0 Å². The van der Waals surface area contributed by atoms with Gasteiger partial charge in [0.05, 0.1) is 0 Å². The highest BCUT2D eigenvalue weighted by Gasteiger charge is 1.91. The van der Waals surface area contributed by atoms with Gasteiger partial charge < -0.3 is 11.3 Å². The summed E-state index contributed by atoms with van der Waals surface area (Å²) in [5.74, 6) is 0. The maximum Gasteiger partial charge on any atom is 0.0319 e. The first kappa shape index (κ1) is 13.7. The van der Waals surface area contributed by atoms with E-state index in [0.717, 1.165) is 7.11 Å². The number of hydrogen-bond donors (Lipinski definition) is 2. The summed E-state index contributed by atoms with van der Waals surface area (Å²) in [5.41, 5.74) is 4.18. The molecule has 0 radical (unpaired) electrons. The Morgan fingerprint density at radius 2 is 1.25 bits per heavy atom. The Bertz CT molecular complexity index is 201. The van der Waals surface area contributed by atoms with Crippen LogP contribution in [-0.2, 0) is 0 Å². The summed E-state index contributed by atoms with van der Waals surface area (Å²) in [5, 5.41) is 7.00. The highest BCUT2D eigenvalue weighted by Crippen LogP contribution is 2.09. The largest absolute Gasteiger partial charge is 0.400 e. The molecule has 1 aromatic carbocycles. The van der Waals surface area contributed by atoms with E-state index in [1.807, 2.05) is 0 Å². The van der Waals surface area contributed by atoms with Crippen LogP contribution < -0.4 is 6.15 Å². The van der Waals surface area contributed by atoms with E-state index in [2.05, 4.69) is 39.0 Å². The van der Waals surface area contributed by atoms with Gasteiger partial charge in [-0.2, -0.15) is 0 Å². The van der Waals surface area contributed by atoms with Gasteiger partial charge in [-0.15, -0.1) is 0 Å². The van der Waals surface area contributed by atoms with Gasteiger partial charge in [0.1, 0.15) is 0 Å². The van der Waals surface area contributed by atoms with Crippen molar-refractivity contribution in [3.63, 3.8) is 0 Å². The average molecular weight is 169 g/mol. The summed E-state index contributed by atoms with van der Waals surface area (Å²) < 4.78 is 0. The molecule has 0 atom stereocenters. The van der Waals surface area contributed by atoms with Crippen LogP contribution in [0.2, 0.25) is 0 Å². The van der Waals surface area contributed by atoms with E-state index in [9.17, 15) is 0 Å². The quantitative estimate of drug-likeness (QED) is 0.626. The minimum atomic E-state index is 0. The van der Waals surface area contributed by atoms with Crippen LogP contribution in [0.5, 0.6) is 0 Å². The van der Waals surface area contributed by atoms with Crippen molar-refractivity contribution in [1.29, 1.82) is 0 Å². The Kier molecular flexibility index (Phi) is 7.80. The van der Waals surface area contributed by atoms with Crippen LogP contribution in [-0.4, -0.2) is 12.2 Å². The third kappa shape index (κ3) is 3.51. The lowest BCUT2D eigenvalue weighted by Crippen LogP contribution is -1.82. The van der Waals surface area contributed by atoms with Crippen LogP contribution in [0.25, 0.3) is 0 Å². The van der Waals surface area contributed by atoms with E-state index in [1.54, 1.807) is 0 Å². The first-order valence-electron chi connectivity index (χ1n) is 3.69. The van der Waals surface area contributed by atoms with Crippen molar-refractivity contribution in [2.75, 3.05) is 7.11 Å². The molecular formula is C10H19NO. The van der Waals surface area contributed by atoms with Crippen molar-refractivity contribution in [3.8, 4) is 0 Å². The number of rotatable bonds is 0. The van der Waals surface area contributed by atoms with Gasteiger partial charge in [-0.25, -0.2) is 0 Å². The van der Waals surface area contributed by atoms with E-state index < -0.39 is 0 Å². The molecule has 0 saturated carbocycles. The predicted octanol–water partition coefficient (Wildman–Crippen LogP) is 2.38. The summed E-state index contributed by atoms with van der Waals surface area (Å²) in [7, 11) is 1.00. The van der Waals surface area contributed by atoms with Crippen molar-refractivity contribution in [1.82, 2.24) is 6.15 Å². The predicted molar refractivity (Wildman–Crippen MR) is 53.8 cm³/mol. The maximum atomic E-state index is 7.00. The van der Waals surface area contributed by atoms with Crippen molar-refractivity contribution in [2.24, 2.45) is 0 Å². The Balaban J connectivity index is 0. The van der Waals surface area contributed by atoms with E-state index in [0.29, 0.717) is 0 Å². The number of aliphatic hydroxyl groups excluding tert-OH is 1. The Morgan fingerprint density at radius 1 is 0.917 bits per heavy atom. The first-order valence-corrected chi connectivity index (χ1v) is 3.69. The summed E-state index contributed by atoms with van der Waals surface area (Å²) in [6.45, 7) is 6.44. The van der Waals surface area contributed by atoms with Crippen LogP contribution in [0.15, 0.2) is 18.2 Å². The van der Waals surface area contributed by atoms with Gasteiger partial charge in [-0.3, -0.25) is 0 Å². The van der Waals surface area contributed by atoms with Crippen LogP contribution in [0, 0.1) is 20.8 Å². The fourth-order valence-corrected chi connectivity index (χ4v) is 0.898. The monoisotopic (exact) mass is 169 g/mol. The third-order valence-corrected chi connectivity index (χ3v) is 1.88. The molecule has 0 amide bonds. The highest BCUT2D eigenvalue weighted by molar-refractivity contribution is 5.31. The molecule has 0 aromatic heterocycles. The van der Waals surface area contributed by atoms with Gasteiger partial charge >= 0.3 is 0 Å². The zero-order valence-corrected chi connectivity index (χ0v) is 8.39. The smallest absolute Gasteiger partial charge is 0.0319 e. The molecule has 1 aromatic rings. The average Bonchev–Trinajstić information content (AvgIpc) is 2.04. The van der Waals surface area contributed by atoms with Crippen molar-refractivity contribution in [3.05, 3.63) is 34.9 Å². The molecular weight excluding hydrogens is 150 g/mol. The van der Waals surface area contributed by atoms with Crippen LogP contribution in [0.3, 0.4) is 0 Å². The van der Waals surface area contributed by atoms with E-state index in [-0.39, 0.29) is 6.15 Å². The third-order valence-electron chi connectivity index (χ3n) is 1.88. The zero-order chi connectivity index (χ0) is 8.85. The number of benzene rings is 1. The minimum Gasteiger partial charge on any atom is -0.400 e. The Morgan fingerprint density at radius 3 is 1.50 bits per heavy atom. The van der Waals surface area contributed by atoms with Gasteiger partial charge in [-0.05, 0) is 37.5 Å². The van der Waals surface area contributed by atoms with Gasteiger partial charge in [-0.1, -0.05) is 18.2 Å². The molecule has 0 saturated heterocycles. The molecule has 0 aliphatic carbocycles. The van der Waals surface area contributed by atoms with E-state index >= 15 is 0 Å². The molecule has 70 valence electrons. The lowest BCUT2D eigenvalue weighted by Gasteiger charge is -2.00. The molecule has 0 aliphatic heterocycles. The minimum absolute atomic E-state index is 0. The second-order valence-electron chi connectivity index (χ2n) is 2.52. The molecule has 0 aliphatic rings. The summed E-state index contributed by atoms with van der Waals surface area (Å²) in [6.07, 6.45) is 0. The Labute approximate surface area is 74.8 Å². The van der Waals surface area contributed by atoms with E-state index in [4.69, 9.17) is 5.11 Å². The normalized spacial score (nSPS) is 7.75.